The van der Waals surface area contributed by atoms with Gasteiger partial charge in [0.2, 0.25) is 0 Å². The molecule has 0 spiro atoms. The van der Waals surface area contributed by atoms with Crippen molar-refractivity contribution in [2.24, 2.45) is 0 Å². The molecule has 0 heterocycles. The van der Waals surface area contributed by atoms with Crippen molar-refractivity contribution in [2.45, 2.75) is 0 Å². The van der Waals surface area contributed by atoms with Crippen molar-refractivity contribution in [1.82, 2.24) is 0 Å². The Balaban J connectivity index is 0. The van der Waals surface area contributed by atoms with Crippen LogP contribution in [0.5, 0.6) is 0 Å². The van der Waals surface area contributed by atoms with Crippen LogP contribution in [-0.2, 0) is 4.43 Å². The molecular formula is C3H10O5Si. The van der Waals surface area contributed by atoms with E-state index in [9.17, 15) is 0 Å². The molecule has 0 saturated carbocycles. The first kappa shape index (κ1) is 11.5. The maximum atomic E-state index is 8.13. The van der Waals surface area contributed by atoms with Gasteiger partial charge in [-0.1, -0.05) is 6.08 Å². The Labute approximate surface area is 53.6 Å². The van der Waals surface area contributed by atoms with Gasteiger partial charge in [-0.2, -0.15) is 0 Å². The predicted molar refractivity (Wildman–Crippen MR) is 32.2 cm³/mol. The van der Waals surface area contributed by atoms with E-state index in [1.54, 1.807) is 0 Å². The lowest BCUT2D eigenvalue weighted by molar-refractivity contribution is 0.0746. The SMILES string of the molecule is C=CCO[Si](O)(O)O.O. The smallest absolute Gasteiger partial charge is 0.412 e. The third kappa shape index (κ3) is 11.4. The van der Waals surface area contributed by atoms with Crippen LogP contribution in [0.4, 0.5) is 0 Å². The van der Waals surface area contributed by atoms with Gasteiger partial charge in [0.05, 0.1) is 6.61 Å². The van der Waals surface area contributed by atoms with Crippen LogP contribution < -0.4 is 0 Å². The van der Waals surface area contributed by atoms with Gasteiger partial charge in [-0.05, 0) is 0 Å². The highest BCUT2D eigenvalue weighted by molar-refractivity contribution is 6.48. The van der Waals surface area contributed by atoms with Crippen molar-refractivity contribution in [3.05, 3.63) is 12.7 Å². The van der Waals surface area contributed by atoms with Gasteiger partial charge in [0.15, 0.2) is 0 Å². The second-order valence-electron chi connectivity index (χ2n) is 1.17. The minimum Gasteiger partial charge on any atom is -0.412 e. The van der Waals surface area contributed by atoms with Crippen LogP contribution in [0.25, 0.3) is 0 Å². The van der Waals surface area contributed by atoms with Gasteiger partial charge in [-0.15, -0.1) is 6.58 Å². The third-order valence-electron chi connectivity index (χ3n) is 0.395. The molecule has 56 valence electrons. The molecular weight excluding hydrogens is 144 g/mol. The lowest BCUT2D eigenvalue weighted by Gasteiger charge is -2.05. The van der Waals surface area contributed by atoms with E-state index in [1.807, 2.05) is 0 Å². The van der Waals surface area contributed by atoms with Gasteiger partial charge in [0, 0.05) is 0 Å². The predicted octanol–water partition coefficient (Wildman–Crippen LogP) is -2.22. The average molecular weight is 154 g/mol. The highest BCUT2D eigenvalue weighted by atomic mass is 28.4. The van der Waals surface area contributed by atoms with Crippen molar-refractivity contribution < 1.29 is 24.3 Å². The minimum atomic E-state index is -4.25. The fraction of sp³-hybridized carbons (Fsp3) is 0.333. The zero-order valence-electron chi connectivity index (χ0n) is 4.74. The molecule has 0 aliphatic heterocycles. The van der Waals surface area contributed by atoms with Crippen LogP contribution in [0.2, 0.25) is 0 Å². The van der Waals surface area contributed by atoms with Crippen LogP contribution in [0, 0.1) is 0 Å². The molecule has 0 aliphatic carbocycles. The molecule has 0 aliphatic rings. The summed E-state index contributed by atoms with van der Waals surface area (Å²) in [7, 11) is -4.25. The lowest BCUT2D eigenvalue weighted by atomic mass is 10.7. The quantitative estimate of drug-likeness (QED) is 0.316. The zero-order valence-corrected chi connectivity index (χ0v) is 5.74. The van der Waals surface area contributed by atoms with E-state index < -0.39 is 9.05 Å². The summed E-state index contributed by atoms with van der Waals surface area (Å²) < 4.78 is 4.07. The lowest BCUT2D eigenvalue weighted by Crippen LogP contribution is -2.38. The fourth-order valence-corrected chi connectivity index (χ4v) is 0.512. The molecule has 0 saturated heterocycles. The molecule has 5 nitrogen and oxygen atoms in total. The number of hydrogen-bond acceptors (Lipinski definition) is 4. The molecule has 0 unspecified atom stereocenters. The second-order valence-corrected chi connectivity index (χ2v) is 2.61. The van der Waals surface area contributed by atoms with E-state index >= 15 is 0 Å². The van der Waals surface area contributed by atoms with Gasteiger partial charge < -0.3 is 24.3 Å². The summed E-state index contributed by atoms with van der Waals surface area (Å²) in [6, 6.07) is 0. The van der Waals surface area contributed by atoms with Crippen molar-refractivity contribution in [3.8, 4) is 0 Å². The van der Waals surface area contributed by atoms with Crippen molar-refractivity contribution in [3.63, 3.8) is 0 Å². The van der Waals surface area contributed by atoms with Gasteiger partial charge in [-0.25, -0.2) is 0 Å². The van der Waals surface area contributed by atoms with E-state index in [4.69, 9.17) is 14.4 Å². The maximum Gasteiger partial charge on any atom is 0.671 e. The Morgan fingerprint density at radius 3 is 2.00 bits per heavy atom. The van der Waals surface area contributed by atoms with E-state index in [0.717, 1.165) is 0 Å². The van der Waals surface area contributed by atoms with Gasteiger partial charge >= 0.3 is 9.05 Å². The van der Waals surface area contributed by atoms with Crippen LogP contribution in [0.3, 0.4) is 0 Å². The third-order valence-corrected chi connectivity index (χ3v) is 0.949. The normalized spacial score (nSPS) is 10.1. The molecule has 9 heavy (non-hydrogen) atoms. The molecule has 5 N–H and O–H groups in total. The summed E-state index contributed by atoms with van der Waals surface area (Å²) in [5.41, 5.74) is 0. The average Bonchev–Trinajstić information content (AvgIpc) is 1.59. The Bertz CT molecular complexity index is 76.8. The topological polar surface area (TPSA) is 101 Å². The summed E-state index contributed by atoms with van der Waals surface area (Å²) in [4.78, 5) is 24.4. The van der Waals surface area contributed by atoms with E-state index in [1.165, 1.54) is 6.08 Å². The molecule has 0 bridgehead atoms. The summed E-state index contributed by atoms with van der Waals surface area (Å²) in [6.45, 7) is 3.18. The van der Waals surface area contributed by atoms with Crippen LogP contribution in [0.1, 0.15) is 0 Å². The van der Waals surface area contributed by atoms with Crippen molar-refractivity contribution >= 4 is 9.05 Å². The zero-order chi connectivity index (χ0) is 6.62. The van der Waals surface area contributed by atoms with Crippen LogP contribution in [-0.4, -0.2) is 35.5 Å². The molecule has 0 aromatic heterocycles. The van der Waals surface area contributed by atoms with Crippen molar-refractivity contribution in [2.75, 3.05) is 6.61 Å². The molecule has 0 aromatic carbocycles. The van der Waals surface area contributed by atoms with E-state index in [0.29, 0.717) is 0 Å². The van der Waals surface area contributed by atoms with Crippen LogP contribution >= 0.6 is 0 Å². The maximum absolute atomic E-state index is 8.13. The fourth-order valence-electron chi connectivity index (χ4n) is 0.171. The molecule has 0 atom stereocenters. The Kier molecular flexibility index (Phi) is 5.92. The summed E-state index contributed by atoms with van der Waals surface area (Å²) in [6.07, 6.45) is 1.31. The monoisotopic (exact) mass is 154 g/mol. The van der Waals surface area contributed by atoms with Crippen molar-refractivity contribution in [1.29, 1.82) is 0 Å². The van der Waals surface area contributed by atoms with Crippen LogP contribution in [0.15, 0.2) is 12.7 Å². The Morgan fingerprint density at radius 2 is 1.89 bits per heavy atom. The molecule has 0 aromatic rings. The number of rotatable bonds is 3. The van der Waals surface area contributed by atoms with Gasteiger partial charge in [0.1, 0.15) is 0 Å². The van der Waals surface area contributed by atoms with Gasteiger partial charge in [0.25, 0.3) is 0 Å². The first-order valence-corrected chi connectivity index (χ1v) is 3.73. The molecule has 0 radical (unpaired) electrons. The highest BCUT2D eigenvalue weighted by Crippen LogP contribution is 1.86. The molecule has 0 fully saturated rings. The minimum absolute atomic E-state index is 0. The second kappa shape index (κ2) is 4.62. The van der Waals surface area contributed by atoms with Gasteiger partial charge in [-0.3, -0.25) is 0 Å². The van der Waals surface area contributed by atoms with E-state index in [2.05, 4.69) is 11.0 Å². The Morgan fingerprint density at radius 1 is 1.44 bits per heavy atom. The number of hydrogen-bond donors (Lipinski definition) is 3. The summed E-state index contributed by atoms with van der Waals surface area (Å²) in [5.74, 6) is 0. The Hall–Kier alpha value is -0.243. The van der Waals surface area contributed by atoms with E-state index in [-0.39, 0.29) is 12.1 Å². The molecule has 6 heteroatoms. The first-order valence-electron chi connectivity index (χ1n) is 1.98. The molecule has 0 amide bonds. The summed E-state index contributed by atoms with van der Waals surface area (Å²) in [5, 5.41) is 0. The highest BCUT2D eigenvalue weighted by Gasteiger charge is 2.29. The summed E-state index contributed by atoms with van der Waals surface area (Å²) >= 11 is 0. The first-order chi connectivity index (χ1) is 3.56. The largest absolute Gasteiger partial charge is 0.671 e. The standard InChI is InChI=1S/C3H8O4Si.H2O/c1-2-3-7-8(4,5)6;/h2,4-6H,1,3H2;1H2. The molecule has 0 rings (SSSR count).